The first-order valence-corrected chi connectivity index (χ1v) is 17.4. The number of anilines is 6. The van der Waals surface area contributed by atoms with Crippen LogP contribution in [0.3, 0.4) is 0 Å². The van der Waals surface area contributed by atoms with Crippen molar-refractivity contribution in [2.75, 3.05) is 9.80 Å². The average molecular weight is 649 g/mol. The Bertz CT molecular complexity index is 2680. The highest BCUT2D eigenvalue weighted by molar-refractivity contribution is 7.00. The Balaban J connectivity index is 1.30. The van der Waals surface area contributed by atoms with E-state index in [9.17, 15) is 0 Å². The van der Waals surface area contributed by atoms with Gasteiger partial charge in [-0.25, -0.2) is 9.97 Å². The Kier molecular flexibility index (Phi) is 6.01. The van der Waals surface area contributed by atoms with Gasteiger partial charge in [-0.05, 0) is 92.5 Å². The molecule has 0 aliphatic carbocycles. The summed E-state index contributed by atoms with van der Waals surface area (Å²) in [6.07, 6.45) is 1.94. The number of para-hydroxylation sites is 3. The lowest BCUT2D eigenvalue weighted by Gasteiger charge is -2.44. The normalized spacial score (nSPS) is 13.0. The molecule has 0 saturated carbocycles. The van der Waals surface area contributed by atoms with Crippen molar-refractivity contribution in [2.24, 2.45) is 0 Å². The van der Waals surface area contributed by atoms with Crippen LogP contribution in [0.5, 0.6) is 0 Å². The molecule has 11 rings (SSSR count). The molecule has 236 valence electrons. The zero-order valence-corrected chi connectivity index (χ0v) is 27.6. The van der Waals surface area contributed by atoms with Gasteiger partial charge in [0.05, 0.1) is 5.52 Å². The summed E-state index contributed by atoms with van der Waals surface area (Å²) in [6, 6.07) is 61.4. The third-order valence-electron chi connectivity index (χ3n) is 10.6. The smallest absolute Gasteiger partial charge is 0.252 e. The molecule has 1 aromatic heterocycles. The van der Waals surface area contributed by atoms with E-state index in [1.807, 2.05) is 18.3 Å². The number of nitrogens with zero attached hydrogens (tertiary/aromatic N) is 4. The second-order valence-electron chi connectivity index (χ2n) is 13.5. The number of hydrogen-bond acceptors (Lipinski definition) is 4. The quantitative estimate of drug-likeness (QED) is 0.179. The van der Waals surface area contributed by atoms with E-state index in [-0.39, 0.29) is 6.71 Å². The van der Waals surface area contributed by atoms with Crippen molar-refractivity contribution < 1.29 is 0 Å². The molecular weight excluding hydrogens is 619 g/mol. The van der Waals surface area contributed by atoms with E-state index < -0.39 is 0 Å². The van der Waals surface area contributed by atoms with Gasteiger partial charge in [0.15, 0.2) is 5.82 Å². The van der Waals surface area contributed by atoms with Gasteiger partial charge in [0.1, 0.15) is 0 Å². The predicted molar refractivity (Wildman–Crippen MR) is 214 cm³/mol. The molecule has 0 fully saturated rings. The molecule has 9 aromatic rings. The van der Waals surface area contributed by atoms with Crippen LogP contribution in [-0.4, -0.2) is 16.7 Å². The van der Waals surface area contributed by atoms with Gasteiger partial charge < -0.3 is 9.80 Å². The second-order valence-corrected chi connectivity index (χ2v) is 13.5. The monoisotopic (exact) mass is 648 g/mol. The third-order valence-corrected chi connectivity index (χ3v) is 10.6. The van der Waals surface area contributed by atoms with E-state index in [0.717, 1.165) is 39.2 Å². The maximum absolute atomic E-state index is 5.12. The molecule has 0 radical (unpaired) electrons. The summed E-state index contributed by atoms with van der Waals surface area (Å²) < 4.78 is 0. The molecule has 0 N–H and O–H groups in total. The van der Waals surface area contributed by atoms with Crippen molar-refractivity contribution in [3.63, 3.8) is 0 Å². The maximum atomic E-state index is 5.12. The van der Waals surface area contributed by atoms with Gasteiger partial charge in [0.2, 0.25) is 0 Å². The minimum atomic E-state index is 0.000656. The van der Waals surface area contributed by atoms with Crippen molar-refractivity contribution in [3.8, 4) is 11.4 Å². The number of aromatic nitrogens is 2. The molecule has 0 unspecified atom stereocenters. The summed E-state index contributed by atoms with van der Waals surface area (Å²) in [7, 11) is 0. The largest absolute Gasteiger partial charge is 0.311 e. The molecule has 2 aliphatic heterocycles. The summed E-state index contributed by atoms with van der Waals surface area (Å²) in [4.78, 5) is 15.0. The van der Waals surface area contributed by atoms with E-state index >= 15 is 0 Å². The first kappa shape index (κ1) is 28.2. The molecule has 0 saturated heterocycles. The van der Waals surface area contributed by atoms with Gasteiger partial charge in [-0.1, -0.05) is 115 Å². The zero-order valence-electron chi connectivity index (χ0n) is 27.6. The van der Waals surface area contributed by atoms with Crippen molar-refractivity contribution in [1.82, 2.24) is 9.97 Å². The highest BCUT2D eigenvalue weighted by Crippen LogP contribution is 2.46. The van der Waals surface area contributed by atoms with Crippen LogP contribution in [0.2, 0.25) is 0 Å². The Labute approximate surface area is 296 Å². The van der Waals surface area contributed by atoms with Crippen LogP contribution in [0.25, 0.3) is 43.8 Å². The van der Waals surface area contributed by atoms with Gasteiger partial charge >= 0.3 is 0 Å². The van der Waals surface area contributed by atoms with Crippen LogP contribution in [0, 0.1) is 0 Å². The van der Waals surface area contributed by atoms with Crippen LogP contribution in [0.4, 0.5) is 34.1 Å². The highest BCUT2D eigenvalue weighted by atomic mass is 15.2. The van der Waals surface area contributed by atoms with Crippen LogP contribution in [0.15, 0.2) is 176 Å². The molecule has 0 amide bonds. The third kappa shape index (κ3) is 4.28. The maximum Gasteiger partial charge on any atom is 0.252 e. The van der Waals surface area contributed by atoms with Gasteiger partial charge in [-0.2, -0.15) is 0 Å². The molecule has 8 aromatic carbocycles. The number of hydrogen-bond donors (Lipinski definition) is 0. The Morgan fingerprint density at radius 1 is 0.412 bits per heavy atom. The van der Waals surface area contributed by atoms with Crippen molar-refractivity contribution in [1.29, 1.82) is 0 Å². The molecule has 0 atom stereocenters. The summed E-state index contributed by atoms with van der Waals surface area (Å²) in [5, 5.41) is 5.94. The van der Waals surface area contributed by atoms with Gasteiger partial charge in [0.25, 0.3) is 6.71 Å². The molecule has 2 aliphatic rings. The molecule has 0 bridgehead atoms. The highest BCUT2D eigenvalue weighted by Gasteiger charge is 2.44. The Morgan fingerprint density at radius 3 is 1.39 bits per heavy atom. The van der Waals surface area contributed by atoms with E-state index in [0.29, 0.717) is 5.82 Å². The van der Waals surface area contributed by atoms with Crippen LogP contribution < -0.4 is 26.2 Å². The van der Waals surface area contributed by atoms with Crippen molar-refractivity contribution in [3.05, 3.63) is 176 Å². The van der Waals surface area contributed by atoms with E-state index in [1.54, 1.807) is 0 Å². The lowest BCUT2D eigenvalue weighted by atomic mass is 9.33. The average Bonchev–Trinajstić information content (AvgIpc) is 3.19. The van der Waals surface area contributed by atoms with E-state index in [4.69, 9.17) is 9.97 Å². The van der Waals surface area contributed by atoms with E-state index in [1.165, 1.54) is 49.3 Å². The lowest BCUT2D eigenvalue weighted by molar-refractivity contribution is 1.21. The number of fused-ring (bicyclic) bond motifs is 7. The van der Waals surface area contributed by atoms with Gasteiger partial charge in [-0.15, -0.1) is 0 Å². The van der Waals surface area contributed by atoms with Crippen LogP contribution in [0.1, 0.15) is 0 Å². The first-order chi connectivity index (χ1) is 25.3. The van der Waals surface area contributed by atoms with Crippen LogP contribution in [-0.2, 0) is 0 Å². The van der Waals surface area contributed by atoms with Gasteiger partial charge in [-0.3, -0.25) is 0 Å². The van der Waals surface area contributed by atoms with Crippen molar-refractivity contribution >= 4 is 89.7 Å². The second kappa shape index (κ2) is 10.9. The van der Waals surface area contributed by atoms with Crippen molar-refractivity contribution in [2.45, 2.75) is 0 Å². The fourth-order valence-corrected chi connectivity index (χ4v) is 8.32. The number of rotatable bonds is 3. The molecule has 0 spiro atoms. The summed E-state index contributed by atoms with van der Waals surface area (Å²) in [5.74, 6) is 0.707. The first-order valence-electron chi connectivity index (χ1n) is 17.4. The minimum Gasteiger partial charge on any atom is -0.311 e. The fourth-order valence-electron chi connectivity index (χ4n) is 8.32. The molecule has 4 nitrogen and oxygen atoms in total. The lowest BCUT2D eigenvalue weighted by Crippen LogP contribution is -2.61. The standard InChI is InChI=1S/C46H29BN4/c1-3-18-36(19-4-1)50-41-25-32-15-9-7-13-30(32)23-38(41)47-39-24-31-14-8-10-16-33(31)26-42(39)51(37-20-5-2-6-21-37)44-28-35(27-43(50)45(44)47)46-48-29-34-17-11-12-22-40(34)49-46/h1-29H. The number of benzene rings is 8. The Hall–Kier alpha value is -6.72. The minimum absolute atomic E-state index is 0.000656. The zero-order chi connectivity index (χ0) is 33.5. The van der Waals surface area contributed by atoms with Crippen LogP contribution >= 0.6 is 0 Å². The summed E-state index contributed by atoms with van der Waals surface area (Å²) in [5.41, 5.74) is 12.6. The van der Waals surface area contributed by atoms with E-state index in [2.05, 4.69) is 168 Å². The fraction of sp³-hybridized carbons (Fsp3) is 0. The topological polar surface area (TPSA) is 32.3 Å². The predicted octanol–water partition coefficient (Wildman–Crippen LogP) is 9.69. The molecule has 5 heteroatoms. The summed E-state index contributed by atoms with van der Waals surface area (Å²) in [6.45, 7) is 0.000656. The molecule has 3 heterocycles. The van der Waals surface area contributed by atoms with Gasteiger partial charge in [0, 0.05) is 51.3 Å². The summed E-state index contributed by atoms with van der Waals surface area (Å²) >= 11 is 0. The molecule has 51 heavy (non-hydrogen) atoms. The Morgan fingerprint density at radius 2 is 0.863 bits per heavy atom. The SMILES string of the molecule is c1ccc(N2c3cc4ccccc4cc3B3c4cc5ccccc5cc4N(c4ccccc4)c4cc(-c5ncc6ccccc6n5)cc2c43)cc1. The molecular formula is C46H29BN4.